The molecule has 0 bridgehead atoms. The predicted octanol–water partition coefficient (Wildman–Crippen LogP) is 3.28. The Bertz CT molecular complexity index is 1050. The van der Waals surface area contributed by atoms with Gasteiger partial charge >= 0.3 is 5.97 Å². The van der Waals surface area contributed by atoms with Crippen LogP contribution in [0.25, 0.3) is 17.2 Å². The standard InChI is InChI=1S/C21H23N5O3/c1-2-14(21(27)28)10-15-6-3-4-8-17(15)29-11-16-7-5-9-26(16)20-18-19(23-12-22-18)24-13-25-20/h3-4,6,8,10,12-13,16H,2,5,7,9,11H2,1H3,(H,27,28)(H,22,23,24,25). The molecular weight excluding hydrogens is 370 g/mol. The molecule has 1 unspecified atom stereocenters. The first-order valence-corrected chi connectivity index (χ1v) is 9.73. The summed E-state index contributed by atoms with van der Waals surface area (Å²) in [5.41, 5.74) is 2.61. The zero-order valence-corrected chi connectivity index (χ0v) is 16.2. The molecule has 8 nitrogen and oxygen atoms in total. The van der Waals surface area contributed by atoms with E-state index in [0.717, 1.165) is 36.3 Å². The van der Waals surface area contributed by atoms with Gasteiger partial charge in [0.15, 0.2) is 11.5 Å². The van der Waals surface area contributed by atoms with Crippen LogP contribution in [0.5, 0.6) is 5.75 Å². The summed E-state index contributed by atoms with van der Waals surface area (Å²) in [6.07, 6.45) is 7.34. The van der Waals surface area contributed by atoms with Crippen molar-refractivity contribution in [1.29, 1.82) is 0 Å². The normalized spacial score (nSPS) is 17.1. The Balaban J connectivity index is 1.54. The van der Waals surface area contributed by atoms with E-state index in [1.165, 1.54) is 6.33 Å². The number of H-pyrrole nitrogens is 1. The number of hydrogen-bond donors (Lipinski definition) is 2. The molecule has 4 rings (SSSR count). The average Bonchev–Trinajstić information content (AvgIpc) is 3.39. The van der Waals surface area contributed by atoms with Crippen LogP contribution in [0.3, 0.4) is 0 Å². The highest BCUT2D eigenvalue weighted by atomic mass is 16.5. The van der Waals surface area contributed by atoms with Crippen molar-refractivity contribution in [2.45, 2.75) is 32.2 Å². The van der Waals surface area contributed by atoms with Gasteiger partial charge in [0, 0.05) is 17.7 Å². The minimum atomic E-state index is -0.906. The van der Waals surface area contributed by atoms with Gasteiger partial charge in [0.1, 0.15) is 24.2 Å². The molecule has 2 N–H and O–H groups in total. The number of aromatic nitrogens is 4. The van der Waals surface area contributed by atoms with Gasteiger partial charge in [-0.3, -0.25) is 0 Å². The summed E-state index contributed by atoms with van der Waals surface area (Å²) >= 11 is 0. The van der Waals surface area contributed by atoms with Crippen molar-refractivity contribution in [3.63, 3.8) is 0 Å². The highest BCUT2D eigenvalue weighted by molar-refractivity contribution is 5.92. The number of carboxylic acid groups (broad SMARTS) is 1. The summed E-state index contributed by atoms with van der Waals surface area (Å²) in [6.45, 7) is 3.20. The van der Waals surface area contributed by atoms with E-state index in [1.807, 2.05) is 31.2 Å². The van der Waals surface area contributed by atoms with Crippen molar-refractivity contribution in [1.82, 2.24) is 19.9 Å². The van der Waals surface area contributed by atoms with Gasteiger partial charge in [-0.05, 0) is 31.4 Å². The number of para-hydroxylation sites is 1. The Morgan fingerprint density at radius 2 is 2.21 bits per heavy atom. The van der Waals surface area contributed by atoms with Gasteiger partial charge in [-0.25, -0.2) is 19.7 Å². The number of nitrogens with one attached hydrogen (secondary N) is 1. The number of fused-ring (bicyclic) bond motifs is 1. The van der Waals surface area contributed by atoms with Crippen molar-refractivity contribution in [2.24, 2.45) is 0 Å². The minimum absolute atomic E-state index is 0.165. The lowest BCUT2D eigenvalue weighted by molar-refractivity contribution is -0.132. The number of aliphatic carboxylic acids is 1. The number of rotatable bonds is 7. The molecule has 8 heteroatoms. The number of carboxylic acids is 1. The SMILES string of the molecule is CCC(=Cc1ccccc1OCC1CCCN1c1ncnc2nc[nH]c12)C(=O)O. The molecule has 0 aliphatic carbocycles. The molecule has 3 heterocycles. The first-order valence-electron chi connectivity index (χ1n) is 9.73. The Kier molecular flexibility index (Phi) is 5.41. The average molecular weight is 393 g/mol. The Labute approximate surface area is 168 Å². The monoisotopic (exact) mass is 393 g/mol. The van der Waals surface area contributed by atoms with E-state index in [1.54, 1.807) is 12.4 Å². The third kappa shape index (κ3) is 3.91. The minimum Gasteiger partial charge on any atom is -0.491 e. The second-order valence-electron chi connectivity index (χ2n) is 6.96. The van der Waals surface area contributed by atoms with Gasteiger partial charge in [-0.15, -0.1) is 0 Å². The summed E-state index contributed by atoms with van der Waals surface area (Å²) in [7, 11) is 0. The van der Waals surface area contributed by atoms with Crippen LogP contribution in [0.4, 0.5) is 5.82 Å². The summed E-state index contributed by atoms with van der Waals surface area (Å²) in [5.74, 6) is 0.614. The van der Waals surface area contributed by atoms with E-state index in [9.17, 15) is 9.90 Å². The van der Waals surface area contributed by atoms with Gasteiger partial charge in [0.05, 0.1) is 12.4 Å². The van der Waals surface area contributed by atoms with Crippen molar-refractivity contribution in [3.05, 3.63) is 48.1 Å². The summed E-state index contributed by atoms with van der Waals surface area (Å²) in [6, 6.07) is 7.69. The molecule has 3 aromatic rings. The molecule has 0 amide bonds. The highest BCUT2D eigenvalue weighted by Crippen LogP contribution is 2.29. The van der Waals surface area contributed by atoms with Crippen LogP contribution >= 0.6 is 0 Å². The number of aromatic amines is 1. The van der Waals surface area contributed by atoms with E-state index in [4.69, 9.17) is 4.74 Å². The Morgan fingerprint density at radius 1 is 1.34 bits per heavy atom. The fourth-order valence-electron chi connectivity index (χ4n) is 3.68. The third-order valence-corrected chi connectivity index (χ3v) is 5.19. The van der Waals surface area contributed by atoms with Crippen molar-refractivity contribution in [3.8, 4) is 5.75 Å². The third-order valence-electron chi connectivity index (χ3n) is 5.19. The first kappa shape index (κ1) is 18.9. The van der Waals surface area contributed by atoms with Crippen molar-refractivity contribution in [2.75, 3.05) is 18.1 Å². The molecular formula is C21H23N5O3. The van der Waals surface area contributed by atoms with Crippen molar-refractivity contribution < 1.29 is 14.6 Å². The highest BCUT2D eigenvalue weighted by Gasteiger charge is 2.28. The van der Waals surface area contributed by atoms with Crippen LogP contribution in [0, 0.1) is 0 Å². The number of anilines is 1. The van der Waals surface area contributed by atoms with E-state index in [0.29, 0.717) is 30.0 Å². The molecule has 1 aliphatic heterocycles. The predicted molar refractivity (Wildman–Crippen MR) is 110 cm³/mol. The number of nitrogens with zero attached hydrogens (tertiary/aromatic N) is 4. The lowest BCUT2D eigenvalue weighted by Gasteiger charge is -2.26. The van der Waals surface area contributed by atoms with E-state index in [-0.39, 0.29) is 6.04 Å². The van der Waals surface area contributed by atoms with Gasteiger partial charge in [0.25, 0.3) is 0 Å². The first-order chi connectivity index (χ1) is 14.2. The largest absolute Gasteiger partial charge is 0.491 e. The molecule has 1 atom stereocenters. The van der Waals surface area contributed by atoms with Gasteiger partial charge < -0.3 is 19.7 Å². The molecule has 1 fully saturated rings. The summed E-state index contributed by atoms with van der Waals surface area (Å²) in [4.78, 5) is 29.6. The molecule has 2 aromatic heterocycles. The number of benzene rings is 1. The van der Waals surface area contributed by atoms with Crippen LogP contribution in [0.2, 0.25) is 0 Å². The van der Waals surface area contributed by atoms with E-state index in [2.05, 4.69) is 24.8 Å². The maximum atomic E-state index is 11.4. The summed E-state index contributed by atoms with van der Waals surface area (Å²) in [5, 5.41) is 9.32. The lowest BCUT2D eigenvalue weighted by atomic mass is 10.1. The Hall–Kier alpha value is -3.42. The number of imidazole rings is 1. The van der Waals surface area contributed by atoms with Crippen LogP contribution < -0.4 is 9.64 Å². The number of ether oxygens (including phenoxy) is 1. The van der Waals surface area contributed by atoms with Crippen LogP contribution in [0.15, 0.2) is 42.5 Å². The van der Waals surface area contributed by atoms with Gasteiger partial charge in [-0.2, -0.15) is 0 Å². The fraction of sp³-hybridized carbons (Fsp3) is 0.333. The zero-order chi connectivity index (χ0) is 20.2. The molecule has 1 aliphatic rings. The van der Waals surface area contributed by atoms with E-state index >= 15 is 0 Å². The van der Waals surface area contributed by atoms with Crippen molar-refractivity contribution >= 4 is 29.0 Å². The molecule has 29 heavy (non-hydrogen) atoms. The van der Waals surface area contributed by atoms with Crippen LogP contribution in [0.1, 0.15) is 31.7 Å². The maximum absolute atomic E-state index is 11.4. The van der Waals surface area contributed by atoms with Gasteiger partial charge in [-0.1, -0.05) is 25.1 Å². The molecule has 1 saturated heterocycles. The topological polar surface area (TPSA) is 104 Å². The molecule has 0 radical (unpaired) electrons. The molecule has 1 aromatic carbocycles. The lowest BCUT2D eigenvalue weighted by Crippen LogP contribution is -2.35. The fourth-order valence-corrected chi connectivity index (χ4v) is 3.68. The maximum Gasteiger partial charge on any atom is 0.331 e. The number of carbonyl (C=O) groups is 1. The second kappa shape index (κ2) is 8.30. The quantitative estimate of drug-likeness (QED) is 0.594. The number of hydrogen-bond acceptors (Lipinski definition) is 6. The summed E-state index contributed by atoms with van der Waals surface area (Å²) < 4.78 is 6.14. The van der Waals surface area contributed by atoms with E-state index < -0.39 is 5.97 Å². The zero-order valence-electron chi connectivity index (χ0n) is 16.2. The molecule has 0 saturated carbocycles. The molecule has 0 spiro atoms. The second-order valence-corrected chi connectivity index (χ2v) is 6.96. The smallest absolute Gasteiger partial charge is 0.331 e. The Morgan fingerprint density at radius 3 is 3.03 bits per heavy atom. The molecule has 150 valence electrons. The van der Waals surface area contributed by atoms with Gasteiger partial charge in [0.2, 0.25) is 0 Å². The van der Waals surface area contributed by atoms with Crippen LogP contribution in [-0.2, 0) is 4.79 Å². The van der Waals surface area contributed by atoms with Crippen LogP contribution in [-0.4, -0.2) is 50.2 Å².